The molecule has 5 heterocycles. The lowest BCUT2D eigenvalue weighted by Crippen LogP contribution is -1.94. The molecule has 0 aliphatic rings. The Morgan fingerprint density at radius 1 is 0.364 bits per heavy atom. The summed E-state index contributed by atoms with van der Waals surface area (Å²) in [6, 6.07) is 78.3. The van der Waals surface area contributed by atoms with E-state index in [1.54, 1.807) is 0 Å². The summed E-state index contributed by atoms with van der Waals surface area (Å²) < 4.78 is 4.92. The van der Waals surface area contributed by atoms with Crippen LogP contribution < -0.4 is 0 Å². The van der Waals surface area contributed by atoms with Crippen LogP contribution in [0.2, 0.25) is 0 Å². The molecule has 14 aromatic rings. The standard InChI is InChI=1S/C61H36N4S/c1-3-13-38(14-4-1)50-32-29-40-27-28-41-30-33-51(63-60(41)59(40)62-50)39-25-23-37(24-26-39)47-36-49-56(57-46-19-9-12-22-55(46)66-61(47)57)45-18-7-10-20-52(45)64-58(49)42-31-34-54-48(35-42)44-17-8-11-21-53(44)65(54)43-15-5-2-6-16-43/h1-36H. The van der Waals surface area contributed by atoms with Gasteiger partial charge in [0.05, 0.1) is 44.7 Å². The van der Waals surface area contributed by atoms with Crippen molar-refractivity contribution < 1.29 is 0 Å². The van der Waals surface area contributed by atoms with Crippen LogP contribution in [-0.2, 0) is 0 Å². The molecule has 0 aliphatic heterocycles. The van der Waals surface area contributed by atoms with Crippen molar-refractivity contribution in [2.45, 2.75) is 0 Å². The van der Waals surface area contributed by atoms with Gasteiger partial charge in [-0.05, 0) is 66.2 Å². The Labute approximate surface area is 383 Å². The van der Waals surface area contributed by atoms with Crippen LogP contribution in [0.5, 0.6) is 0 Å². The third kappa shape index (κ3) is 5.67. The highest BCUT2D eigenvalue weighted by Gasteiger charge is 2.22. The average Bonchev–Trinajstić information content (AvgIpc) is 3.94. The van der Waals surface area contributed by atoms with Crippen LogP contribution in [-0.4, -0.2) is 19.5 Å². The molecule has 0 saturated carbocycles. The fourth-order valence-corrected chi connectivity index (χ4v) is 11.5. The normalized spacial score (nSPS) is 11.9. The van der Waals surface area contributed by atoms with E-state index in [9.17, 15) is 0 Å². The Kier molecular flexibility index (Phi) is 8.12. The van der Waals surface area contributed by atoms with Crippen molar-refractivity contribution in [2.75, 3.05) is 0 Å². The molecule has 4 nitrogen and oxygen atoms in total. The van der Waals surface area contributed by atoms with Crippen LogP contribution in [0.15, 0.2) is 218 Å². The molecule has 9 aromatic carbocycles. The number of hydrogen-bond acceptors (Lipinski definition) is 4. The minimum Gasteiger partial charge on any atom is -0.309 e. The number of nitrogens with zero attached hydrogens (tertiary/aromatic N) is 4. The van der Waals surface area contributed by atoms with E-state index in [4.69, 9.17) is 15.0 Å². The Morgan fingerprint density at radius 2 is 0.939 bits per heavy atom. The van der Waals surface area contributed by atoms with Gasteiger partial charge in [-0.15, -0.1) is 11.3 Å². The van der Waals surface area contributed by atoms with E-state index in [1.165, 1.54) is 52.9 Å². The minimum absolute atomic E-state index is 0.906. The maximum atomic E-state index is 5.54. The average molecular weight is 857 g/mol. The number of para-hydroxylation sites is 3. The van der Waals surface area contributed by atoms with Gasteiger partial charge in [-0.3, -0.25) is 0 Å². The monoisotopic (exact) mass is 856 g/mol. The van der Waals surface area contributed by atoms with Gasteiger partial charge in [-0.1, -0.05) is 158 Å². The SMILES string of the molecule is c1ccc(-c2ccc3ccc4ccc(-c5ccc(-c6cc7c(-c8ccc9c(c8)c8ccccc8n9-c8ccccc8)nc8ccccc8c7c7c6sc6ccccc67)cc5)nc4c3n2)cc1. The summed E-state index contributed by atoms with van der Waals surface area (Å²) in [6.07, 6.45) is 0. The van der Waals surface area contributed by atoms with Gasteiger partial charge in [0, 0.05) is 85.8 Å². The number of rotatable bonds is 5. The molecule has 5 aromatic heterocycles. The molecule has 0 aliphatic carbocycles. The largest absolute Gasteiger partial charge is 0.309 e. The highest BCUT2D eigenvalue weighted by atomic mass is 32.1. The van der Waals surface area contributed by atoms with Gasteiger partial charge in [0.1, 0.15) is 0 Å². The van der Waals surface area contributed by atoms with Gasteiger partial charge in [-0.2, -0.15) is 0 Å². The van der Waals surface area contributed by atoms with E-state index in [1.807, 2.05) is 17.4 Å². The fourth-order valence-electron chi connectivity index (χ4n) is 10.3. The van der Waals surface area contributed by atoms with Gasteiger partial charge < -0.3 is 4.57 Å². The van der Waals surface area contributed by atoms with E-state index < -0.39 is 0 Å². The minimum atomic E-state index is 0.906. The van der Waals surface area contributed by atoms with Crippen LogP contribution >= 0.6 is 11.3 Å². The molecule has 0 fully saturated rings. The topological polar surface area (TPSA) is 43.6 Å². The molecule has 66 heavy (non-hydrogen) atoms. The third-order valence-electron chi connectivity index (χ3n) is 13.4. The predicted molar refractivity (Wildman–Crippen MR) is 279 cm³/mol. The molecule has 0 N–H and O–H groups in total. The molecule has 14 rings (SSSR count). The second-order valence-electron chi connectivity index (χ2n) is 17.1. The smallest absolute Gasteiger partial charge is 0.0972 e. The van der Waals surface area contributed by atoms with Crippen molar-refractivity contribution >= 4 is 96.8 Å². The summed E-state index contributed by atoms with van der Waals surface area (Å²) in [4.78, 5) is 16.0. The van der Waals surface area contributed by atoms with E-state index in [0.717, 1.165) is 83.1 Å². The maximum absolute atomic E-state index is 5.54. The molecule has 0 saturated heterocycles. The first kappa shape index (κ1) is 36.9. The number of aromatic nitrogens is 4. The summed E-state index contributed by atoms with van der Waals surface area (Å²) >= 11 is 1.87. The second kappa shape index (κ2) is 14.5. The zero-order valence-corrected chi connectivity index (χ0v) is 36.3. The van der Waals surface area contributed by atoms with Gasteiger partial charge >= 0.3 is 0 Å². The van der Waals surface area contributed by atoms with Crippen LogP contribution in [0.3, 0.4) is 0 Å². The molecular weight excluding hydrogens is 821 g/mol. The molecule has 0 spiro atoms. The first-order chi connectivity index (χ1) is 32.7. The van der Waals surface area contributed by atoms with Crippen molar-refractivity contribution in [3.63, 3.8) is 0 Å². The summed E-state index contributed by atoms with van der Waals surface area (Å²) in [5, 5.41) is 10.7. The van der Waals surface area contributed by atoms with E-state index in [-0.39, 0.29) is 0 Å². The van der Waals surface area contributed by atoms with Crippen molar-refractivity contribution in [3.8, 4) is 50.6 Å². The molecular formula is C61H36N4S. The van der Waals surface area contributed by atoms with Gasteiger partial charge in [0.25, 0.3) is 0 Å². The van der Waals surface area contributed by atoms with Gasteiger partial charge in [0.15, 0.2) is 0 Å². The molecule has 306 valence electrons. The van der Waals surface area contributed by atoms with Crippen molar-refractivity contribution in [1.82, 2.24) is 19.5 Å². The molecule has 5 heteroatoms. The second-order valence-corrected chi connectivity index (χ2v) is 18.1. The van der Waals surface area contributed by atoms with Crippen LogP contribution in [0.25, 0.3) is 136 Å². The Balaban J connectivity index is 0.970. The highest BCUT2D eigenvalue weighted by molar-refractivity contribution is 7.26. The first-order valence-corrected chi connectivity index (χ1v) is 23.2. The summed E-state index contributed by atoms with van der Waals surface area (Å²) in [6.45, 7) is 0. The summed E-state index contributed by atoms with van der Waals surface area (Å²) in [7, 11) is 0. The highest BCUT2D eigenvalue weighted by Crippen LogP contribution is 2.48. The zero-order valence-electron chi connectivity index (χ0n) is 35.5. The molecule has 0 amide bonds. The number of benzene rings is 9. The number of fused-ring (bicyclic) bond motifs is 13. The third-order valence-corrected chi connectivity index (χ3v) is 14.6. The molecule has 0 atom stereocenters. The van der Waals surface area contributed by atoms with Crippen LogP contribution in [0, 0.1) is 0 Å². The van der Waals surface area contributed by atoms with Crippen LogP contribution in [0.4, 0.5) is 0 Å². The quantitative estimate of drug-likeness (QED) is 0.162. The maximum Gasteiger partial charge on any atom is 0.0972 e. The zero-order chi connectivity index (χ0) is 43.3. The lowest BCUT2D eigenvalue weighted by atomic mass is 9.91. The Bertz CT molecular complexity index is 4270. The lowest BCUT2D eigenvalue weighted by Gasteiger charge is -2.15. The summed E-state index contributed by atoms with van der Waals surface area (Å²) in [5.74, 6) is 0. The Morgan fingerprint density at radius 3 is 1.70 bits per heavy atom. The van der Waals surface area contributed by atoms with Crippen molar-refractivity contribution in [2.24, 2.45) is 0 Å². The number of thiophene rings is 1. The lowest BCUT2D eigenvalue weighted by molar-refractivity contribution is 1.18. The number of pyridine rings is 3. The Hall–Kier alpha value is -8.51. The van der Waals surface area contributed by atoms with Gasteiger partial charge in [0.2, 0.25) is 0 Å². The molecule has 0 radical (unpaired) electrons. The predicted octanol–water partition coefficient (Wildman–Crippen LogP) is 16.6. The fraction of sp³-hybridized carbons (Fsp3) is 0. The summed E-state index contributed by atoms with van der Waals surface area (Å²) in [5.41, 5.74) is 14.7. The van der Waals surface area contributed by atoms with E-state index in [2.05, 4.69) is 217 Å². The number of hydrogen-bond donors (Lipinski definition) is 0. The van der Waals surface area contributed by atoms with E-state index >= 15 is 0 Å². The molecule has 0 unspecified atom stereocenters. The van der Waals surface area contributed by atoms with Gasteiger partial charge in [-0.25, -0.2) is 15.0 Å². The van der Waals surface area contributed by atoms with Crippen molar-refractivity contribution in [1.29, 1.82) is 0 Å². The van der Waals surface area contributed by atoms with Crippen LogP contribution in [0.1, 0.15) is 0 Å². The van der Waals surface area contributed by atoms with E-state index in [0.29, 0.717) is 0 Å². The molecule has 0 bridgehead atoms. The first-order valence-electron chi connectivity index (χ1n) is 22.3. The van der Waals surface area contributed by atoms with Crippen molar-refractivity contribution in [3.05, 3.63) is 218 Å².